The Morgan fingerprint density at radius 2 is 1.82 bits per heavy atom. The third-order valence-corrected chi connectivity index (χ3v) is 3.07. The van der Waals surface area contributed by atoms with Gasteiger partial charge in [-0.2, -0.15) is 0 Å². The van der Waals surface area contributed by atoms with Gasteiger partial charge in [-0.15, -0.1) is 0 Å². The number of hydrogen-bond donors (Lipinski definition) is 1. The maximum absolute atomic E-state index is 11.5. The fourth-order valence-electron chi connectivity index (χ4n) is 1.99. The fraction of sp³-hybridized carbons (Fsp3) is 0.176. The van der Waals surface area contributed by atoms with Crippen molar-refractivity contribution in [2.75, 3.05) is 7.11 Å². The van der Waals surface area contributed by atoms with E-state index in [4.69, 9.17) is 4.74 Å². The van der Waals surface area contributed by atoms with E-state index in [9.17, 15) is 14.7 Å². The van der Waals surface area contributed by atoms with Crippen LogP contribution >= 0.6 is 0 Å². The van der Waals surface area contributed by atoms with Gasteiger partial charge in [0.05, 0.1) is 12.7 Å². The molecular formula is C17H16O5. The molecule has 0 aliphatic carbocycles. The minimum absolute atomic E-state index is 0.235. The summed E-state index contributed by atoms with van der Waals surface area (Å²) in [5.41, 5.74) is 1.17. The fourth-order valence-corrected chi connectivity index (χ4v) is 1.99. The van der Waals surface area contributed by atoms with E-state index >= 15 is 0 Å². The van der Waals surface area contributed by atoms with Crippen LogP contribution in [-0.4, -0.2) is 30.3 Å². The highest BCUT2D eigenvalue weighted by Crippen LogP contribution is 2.17. The Morgan fingerprint density at radius 1 is 1.09 bits per heavy atom. The normalized spacial score (nSPS) is 11.5. The van der Waals surface area contributed by atoms with Crippen LogP contribution in [0.3, 0.4) is 0 Å². The summed E-state index contributed by atoms with van der Waals surface area (Å²) in [5, 5.41) is 9.30. The van der Waals surface area contributed by atoms with Crippen molar-refractivity contribution in [3.05, 3.63) is 65.7 Å². The van der Waals surface area contributed by atoms with Crippen molar-refractivity contribution in [1.29, 1.82) is 0 Å². The lowest BCUT2D eigenvalue weighted by Gasteiger charge is -2.15. The summed E-state index contributed by atoms with van der Waals surface area (Å²) in [4.78, 5) is 22.8. The largest absolute Gasteiger partial charge is 0.478 e. The number of methoxy groups -OCH3 is 1. The number of esters is 1. The molecule has 0 radical (unpaired) electrons. The SMILES string of the molecule is COC(=O)c1cccc(OC(Cc2ccccc2)C(=O)O)c1. The van der Waals surface area contributed by atoms with E-state index in [2.05, 4.69) is 4.74 Å². The number of carboxylic acids is 1. The highest BCUT2D eigenvalue weighted by molar-refractivity contribution is 5.89. The lowest BCUT2D eigenvalue weighted by Crippen LogP contribution is -2.29. The molecule has 2 aromatic carbocycles. The molecule has 0 heterocycles. The molecule has 0 aliphatic heterocycles. The van der Waals surface area contributed by atoms with Gasteiger partial charge in [0.25, 0.3) is 0 Å². The van der Waals surface area contributed by atoms with Gasteiger partial charge in [-0.1, -0.05) is 36.4 Å². The molecule has 114 valence electrons. The first-order valence-corrected chi connectivity index (χ1v) is 6.72. The van der Waals surface area contributed by atoms with Crippen molar-refractivity contribution < 1.29 is 24.2 Å². The number of carboxylic acid groups (broad SMARTS) is 1. The minimum Gasteiger partial charge on any atom is -0.478 e. The first-order valence-electron chi connectivity index (χ1n) is 6.72. The Bertz CT molecular complexity index is 651. The van der Waals surface area contributed by atoms with E-state index in [0.29, 0.717) is 11.3 Å². The Morgan fingerprint density at radius 3 is 2.45 bits per heavy atom. The van der Waals surface area contributed by atoms with Crippen LogP contribution in [0.1, 0.15) is 15.9 Å². The molecule has 5 nitrogen and oxygen atoms in total. The summed E-state index contributed by atoms with van der Waals surface area (Å²) >= 11 is 0. The molecule has 1 atom stereocenters. The van der Waals surface area contributed by atoms with Crippen molar-refractivity contribution in [1.82, 2.24) is 0 Å². The molecule has 0 saturated carbocycles. The van der Waals surface area contributed by atoms with Gasteiger partial charge in [0.15, 0.2) is 6.10 Å². The molecule has 0 spiro atoms. The van der Waals surface area contributed by atoms with Crippen LogP contribution in [0.25, 0.3) is 0 Å². The predicted octanol–water partition coefficient (Wildman–Crippen LogP) is 2.55. The van der Waals surface area contributed by atoms with Gasteiger partial charge in [-0.05, 0) is 23.8 Å². The predicted molar refractivity (Wildman–Crippen MR) is 80.0 cm³/mol. The maximum atomic E-state index is 11.5. The molecule has 0 aliphatic rings. The molecule has 2 rings (SSSR count). The third kappa shape index (κ3) is 4.09. The number of ether oxygens (including phenoxy) is 2. The van der Waals surface area contributed by atoms with Crippen LogP contribution in [0.2, 0.25) is 0 Å². The molecule has 0 saturated heterocycles. The first-order chi connectivity index (χ1) is 10.6. The third-order valence-electron chi connectivity index (χ3n) is 3.07. The topological polar surface area (TPSA) is 72.8 Å². The summed E-state index contributed by atoms with van der Waals surface area (Å²) in [6.45, 7) is 0. The number of hydrogen-bond acceptors (Lipinski definition) is 4. The zero-order chi connectivity index (χ0) is 15.9. The van der Waals surface area contributed by atoms with Gasteiger partial charge >= 0.3 is 11.9 Å². The quantitative estimate of drug-likeness (QED) is 0.830. The molecule has 5 heteroatoms. The molecule has 0 bridgehead atoms. The van der Waals surface area contributed by atoms with Gasteiger partial charge in [0.2, 0.25) is 0 Å². The van der Waals surface area contributed by atoms with E-state index in [1.807, 2.05) is 30.3 Å². The second kappa shape index (κ2) is 7.26. The zero-order valence-corrected chi connectivity index (χ0v) is 12.1. The Hall–Kier alpha value is -2.82. The van der Waals surface area contributed by atoms with Crippen LogP contribution in [0, 0.1) is 0 Å². The second-order valence-electron chi connectivity index (χ2n) is 4.65. The second-order valence-corrected chi connectivity index (χ2v) is 4.65. The van der Waals surface area contributed by atoms with Gasteiger partial charge in [-0.25, -0.2) is 9.59 Å². The van der Waals surface area contributed by atoms with Crippen LogP contribution in [0.4, 0.5) is 0 Å². The zero-order valence-electron chi connectivity index (χ0n) is 12.1. The van der Waals surface area contributed by atoms with Crippen LogP contribution in [0.5, 0.6) is 5.75 Å². The average Bonchev–Trinajstić information content (AvgIpc) is 2.54. The van der Waals surface area contributed by atoms with Gasteiger partial charge in [0.1, 0.15) is 5.75 Å². The Kier molecular flexibility index (Phi) is 5.14. The highest BCUT2D eigenvalue weighted by Gasteiger charge is 2.20. The summed E-state index contributed by atoms with van der Waals surface area (Å²) in [6.07, 6.45) is -0.797. The number of carbonyl (C=O) groups excluding carboxylic acids is 1. The number of rotatable bonds is 6. The molecule has 22 heavy (non-hydrogen) atoms. The number of carbonyl (C=O) groups is 2. The minimum atomic E-state index is -1.06. The molecule has 0 fully saturated rings. The molecular weight excluding hydrogens is 284 g/mol. The summed E-state index contributed by atoms with van der Waals surface area (Å²) < 4.78 is 10.1. The summed E-state index contributed by atoms with van der Waals surface area (Å²) in [7, 11) is 1.28. The van der Waals surface area contributed by atoms with E-state index in [0.717, 1.165) is 5.56 Å². The van der Waals surface area contributed by atoms with Crippen molar-refractivity contribution in [2.24, 2.45) is 0 Å². The van der Waals surface area contributed by atoms with Crippen molar-refractivity contribution >= 4 is 11.9 Å². The Balaban J connectivity index is 2.14. The first kappa shape index (κ1) is 15.6. The monoisotopic (exact) mass is 300 g/mol. The van der Waals surface area contributed by atoms with Gasteiger partial charge in [-0.3, -0.25) is 0 Å². The maximum Gasteiger partial charge on any atom is 0.345 e. The average molecular weight is 300 g/mol. The highest BCUT2D eigenvalue weighted by atomic mass is 16.5. The lowest BCUT2D eigenvalue weighted by molar-refractivity contribution is -0.145. The number of aliphatic carboxylic acids is 1. The van der Waals surface area contributed by atoms with Crippen molar-refractivity contribution in [2.45, 2.75) is 12.5 Å². The van der Waals surface area contributed by atoms with Crippen LogP contribution in [-0.2, 0) is 16.0 Å². The Labute approximate surface area is 128 Å². The van der Waals surface area contributed by atoms with E-state index in [-0.39, 0.29) is 6.42 Å². The molecule has 1 N–H and O–H groups in total. The van der Waals surface area contributed by atoms with Crippen molar-refractivity contribution in [3.63, 3.8) is 0 Å². The van der Waals surface area contributed by atoms with Crippen LogP contribution in [0.15, 0.2) is 54.6 Å². The van der Waals surface area contributed by atoms with Gasteiger partial charge < -0.3 is 14.6 Å². The lowest BCUT2D eigenvalue weighted by atomic mass is 10.1. The number of benzene rings is 2. The van der Waals surface area contributed by atoms with Crippen LogP contribution < -0.4 is 4.74 Å². The van der Waals surface area contributed by atoms with E-state index < -0.39 is 18.0 Å². The molecule has 2 aromatic rings. The summed E-state index contributed by atoms with van der Waals surface area (Å²) in [6, 6.07) is 15.5. The summed E-state index contributed by atoms with van der Waals surface area (Å²) in [5.74, 6) is -1.25. The van der Waals surface area contributed by atoms with E-state index in [1.54, 1.807) is 18.2 Å². The standard InChI is InChI=1S/C17H16O5/c1-21-17(20)13-8-5-9-14(11-13)22-15(16(18)19)10-12-6-3-2-4-7-12/h2-9,11,15H,10H2,1H3,(H,18,19). The molecule has 0 amide bonds. The van der Waals surface area contributed by atoms with Gasteiger partial charge in [0, 0.05) is 6.42 Å². The molecule has 0 aromatic heterocycles. The molecule has 1 unspecified atom stereocenters. The van der Waals surface area contributed by atoms with Crippen molar-refractivity contribution in [3.8, 4) is 5.75 Å². The smallest absolute Gasteiger partial charge is 0.345 e. The van der Waals surface area contributed by atoms with E-state index in [1.165, 1.54) is 13.2 Å².